The standard InChI is InChI=1S/C17H23Cl2N3O2/c18-15-2-1-14(16(19)11-15)12-20-3-5-22(6-4-20)17(23)13-21-7-9-24-10-8-21/h1-2,11H,3-10,12-13H2. The van der Waals surface area contributed by atoms with Gasteiger partial charge in [0.1, 0.15) is 0 Å². The van der Waals surface area contributed by atoms with Crippen molar-refractivity contribution < 1.29 is 9.53 Å². The first kappa shape index (κ1) is 18.0. The summed E-state index contributed by atoms with van der Waals surface area (Å²) in [5, 5.41) is 1.36. The lowest BCUT2D eigenvalue weighted by Gasteiger charge is -2.36. The van der Waals surface area contributed by atoms with Crippen LogP contribution in [0.1, 0.15) is 5.56 Å². The number of carbonyl (C=O) groups is 1. The van der Waals surface area contributed by atoms with E-state index < -0.39 is 0 Å². The summed E-state index contributed by atoms with van der Waals surface area (Å²) >= 11 is 12.2. The third-order valence-electron chi connectivity index (χ3n) is 4.60. The van der Waals surface area contributed by atoms with Gasteiger partial charge in [0.05, 0.1) is 19.8 Å². The van der Waals surface area contributed by atoms with E-state index in [-0.39, 0.29) is 5.91 Å². The van der Waals surface area contributed by atoms with Crippen molar-refractivity contribution in [3.05, 3.63) is 33.8 Å². The molecule has 132 valence electrons. The highest BCUT2D eigenvalue weighted by molar-refractivity contribution is 6.35. The van der Waals surface area contributed by atoms with E-state index in [0.717, 1.165) is 64.6 Å². The van der Waals surface area contributed by atoms with Gasteiger partial charge in [-0.15, -0.1) is 0 Å². The van der Waals surface area contributed by atoms with E-state index in [1.807, 2.05) is 17.0 Å². The second-order valence-electron chi connectivity index (χ2n) is 6.28. The molecule has 7 heteroatoms. The van der Waals surface area contributed by atoms with Crippen LogP contribution in [0.25, 0.3) is 0 Å². The second kappa shape index (κ2) is 8.50. The predicted octanol–water partition coefficient (Wildman–Crippen LogP) is 1.97. The Labute approximate surface area is 153 Å². The van der Waals surface area contributed by atoms with Crippen molar-refractivity contribution in [1.82, 2.24) is 14.7 Å². The van der Waals surface area contributed by atoms with Crippen molar-refractivity contribution in [2.24, 2.45) is 0 Å². The van der Waals surface area contributed by atoms with Crippen LogP contribution in [0, 0.1) is 0 Å². The number of halogens is 2. The van der Waals surface area contributed by atoms with Gasteiger partial charge >= 0.3 is 0 Å². The van der Waals surface area contributed by atoms with Crippen LogP contribution < -0.4 is 0 Å². The lowest BCUT2D eigenvalue weighted by Crippen LogP contribution is -2.52. The van der Waals surface area contributed by atoms with E-state index in [0.29, 0.717) is 16.6 Å². The SMILES string of the molecule is O=C(CN1CCOCC1)N1CCN(Cc2ccc(Cl)cc2Cl)CC1. The summed E-state index contributed by atoms with van der Waals surface area (Å²) in [6.07, 6.45) is 0. The molecule has 2 aliphatic rings. The average Bonchev–Trinajstić information content (AvgIpc) is 2.59. The van der Waals surface area contributed by atoms with Gasteiger partial charge < -0.3 is 9.64 Å². The van der Waals surface area contributed by atoms with E-state index in [4.69, 9.17) is 27.9 Å². The fourth-order valence-corrected chi connectivity index (χ4v) is 3.57. The number of benzene rings is 1. The van der Waals surface area contributed by atoms with Gasteiger partial charge in [-0.25, -0.2) is 0 Å². The lowest BCUT2D eigenvalue weighted by atomic mass is 10.2. The van der Waals surface area contributed by atoms with Crippen LogP contribution in [0.3, 0.4) is 0 Å². The fraction of sp³-hybridized carbons (Fsp3) is 0.588. The minimum atomic E-state index is 0.223. The number of rotatable bonds is 4. The topological polar surface area (TPSA) is 36.0 Å². The van der Waals surface area contributed by atoms with Gasteiger partial charge in [0.25, 0.3) is 0 Å². The van der Waals surface area contributed by atoms with Crippen LogP contribution in [0.15, 0.2) is 18.2 Å². The molecule has 5 nitrogen and oxygen atoms in total. The fourth-order valence-electron chi connectivity index (χ4n) is 3.10. The highest BCUT2D eigenvalue weighted by Gasteiger charge is 2.23. The van der Waals surface area contributed by atoms with E-state index in [9.17, 15) is 4.79 Å². The minimum absolute atomic E-state index is 0.223. The van der Waals surface area contributed by atoms with Gasteiger partial charge in [-0.1, -0.05) is 29.3 Å². The molecule has 1 aromatic rings. The third kappa shape index (κ3) is 4.83. The maximum absolute atomic E-state index is 12.4. The maximum Gasteiger partial charge on any atom is 0.236 e. The van der Waals surface area contributed by atoms with Crippen molar-refractivity contribution in [3.8, 4) is 0 Å². The first-order valence-electron chi connectivity index (χ1n) is 8.36. The normalized spacial score (nSPS) is 20.3. The number of amides is 1. The summed E-state index contributed by atoms with van der Waals surface area (Å²) in [7, 11) is 0. The molecule has 0 N–H and O–H groups in total. The first-order valence-corrected chi connectivity index (χ1v) is 9.11. The van der Waals surface area contributed by atoms with E-state index in [1.54, 1.807) is 6.07 Å². The summed E-state index contributed by atoms with van der Waals surface area (Å²) in [6, 6.07) is 5.62. The van der Waals surface area contributed by atoms with Gasteiger partial charge in [-0.05, 0) is 17.7 Å². The van der Waals surface area contributed by atoms with Crippen LogP contribution in [-0.2, 0) is 16.1 Å². The van der Waals surface area contributed by atoms with Crippen molar-refractivity contribution >= 4 is 29.1 Å². The summed E-state index contributed by atoms with van der Waals surface area (Å²) in [6.45, 7) is 7.73. The molecule has 2 heterocycles. The summed E-state index contributed by atoms with van der Waals surface area (Å²) in [5.74, 6) is 0.223. The van der Waals surface area contributed by atoms with Crippen LogP contribution >= 0.6 is 23.2 Å². The highest BCUT2D eigenvalue weighted by atomic mass is 35.5. The van der Waals surface area contributed by atoms with Crippen molar-refractivity contribution in [3.63, 3.8) is 0 Å². The van der Waals surface area contributed by atoms with Crippen LogP contribution in [0.5, 0.6) is 0 Å². The molecule has 3 rings (SSSR count). The molecule has 0 spiro atoms. The quantitative estimate of drug-likeness (QED) is 0.810. The molecular weight excluding hydrogens is 349 g/mol. The molecule has 2 saturated heterocycles. The molecule has 1 aromatic carbocycles. The van der Waals surface area contributed by atoms with E-state index >= 15 is 0 Å². The number of ether oxygens (including phenoxy) is 1. The number of carbonyl (C=O) groups excluding carboxylic acids is 1. The molecule has 24 heavy (non-hydrogen) atoms. The summed E-state index contributed by atoms with van der Waals surface area (Å²) in [5.41, 5.74) is 1.08. The largest absolute Gasteiger partial charge is 0.379 e. The van der Waals surface area contributed by atoms with Crippen molar-refractivity contribution in [2.75, 3.05) is 59.0 Å². The van der Waals surface area contributed by atoms with Crippen LogP contribution in [0.2, 0.25) is 10.0 Å². The molecule has 0 aromatic heterocycles. The molecule has 0 radical (unpaired) electrons. The molecule has 2 fully saturated rings. The maximum atomic E-state index is 12.4. The third-order valence-corrected chi connectivity index (χ3v) is 5.18. The number of piperazine rings is 1. The molecule has 0 aliphatic carbocycles. The van der Waals surface area contributed by atoms with Crippen LogP contribution in [0.4, 0.5) is 0 Å². The summed E-state index contributed by atoms with van der Waals surface area (Å²) in [4.78, 5) is 18.9. The van der Waals surface area contributed by atoms with Crippen molar-refractivity contribution in [1.29, 1.82) is 0 Å². The molecule has 2 aliphatic heterocycles. The molecule has 1 amide bonds. The smallest absolute Gasteiger partial charge is 0.236 e. The number of morpholine rings is 1. The molecular formula is C17H23Cl2N3O2. The number of nitrogens with zero attached hydrogens (tertiary/aromatic N) is 3. The van der Waals surface area contributed by atoms with Gasteiger partial charge in [-0.2, -0.15) is 0 Å². The number of hydrogen-bond donors (Lipinski definition) is 0. The average molecular weight is 372 g/mol. The van der Waals surface area contributed by atoms with E-state index in [2.05, 4.69) is 9.80 Å². The molecule has 0 bridgehead atoms. The monoisotopic (exact) mass is 371 g/mol. The zero-order valence-electron chi connectivity index (χ0n) is 13.7. The Morgan fingerprint density at radius 3 is 2.38 bits per heavy atom. The Hall–Kier alpha value is -0.850. The minimum Gasteiger partial charge on any atom is -0.379 e. The van der Waals surface area contributed by atoms with Crippen LogP contribution in [-0.4, -0.2) is 79.6 Å². The Kier molecular flexibility index (Phi) is 6.36. The van der Waals surface area contributed by atoms with Gasteiger partial charge in [0, 0.05) is 55.9 Å². The first-order chi connectivity index (χ1) is 11.6. The Balaban J connectivity index is 1.45. The lowest BCUT2D eigenvalue weighted by molar-refractivity contribution is -0.135. The van der Waals surface area contributed by atoms with E-state index in [1.165, 1.54) is 0 Å². The van der Waals surface area contributed by atoms with Gasteiger partial charge in [0.15, 0.2) is 0 Å². The Morgan fingerprint density at radius 2 is 1.71 bits per heavy atom. The molecule has 0 saturated carbocycles. The molecule has 0 atom stereocenters. The zero-order valence-corrected chi connectivity index (χ0v) is 15.2. The van der Waals surface area contributed by atoms with Gasteiger partial charge in [-0.3, -0.25) is 14.6 Å². The van der Waals surface area contributed by atoms with Gasteiger partial charge in [0.2, 0.25) is 5.91 Å². The number of hydrogen-bond acceptors (Lipinski definition) is 4. The Bertz CT molecular complexity index is 571. The second-order valence-corrected chi connectivity index (χ2v) is 7.12. The molecule has 0 unspecified atom stereocenters. The zero-order chi connectivity index (χ0) is 16.9. The highest BCUT2D eigenvalue weighted by Crippen LogP contribution is 2.22. The predicted molar refractivity (Wildman–Crippen MR) is 95.6 cm³/mol. The summed E-state index contributed by atoms with van der Waals surface area (Å²) < 4.78 is 5.32. The van der Waals surface area contributed by atoms with Crippen molar-refractivity contribution in [2.45, 2.75) is 6.54 Å². The Morgan fingerprint density at radius 1 is 1.00 bits per heavy atom.